The van der Waals surface area contributed by atoms with Gasteiger partial charge in [-0.15, -0.1) is 0 Å². The second kappa shape index (κ2) is 6.72. The molecular weight excluding hydrogens is 296 g/mol. The van der Waals surface area contributed by atoms with Crippen molar-refractivity contribution in [3.63, 3.8) is 0 Å². The van der Waals surface area contributed by atoms with E-state index in [1.165, 1.54) is 26.4 Å². The lowest BCUT2D eigenvalue weighted by atomic mass is 10.1. The SMILES string of the molecule is CC(C)CC(=O)NNC(=O)c1cc(S(=O)(=O)N(C)C)c[nH]1. The lowest BCUT2D eigenvalue weighted by Crippen LogP contribution is -2.42. The second-order valence-corrected chi connectivity index (χ2v) is 7.29. The van der Waals surface area contributed by atoms with Gasteiger partial charge in [-0.05, 0) is 12.0 Å². The molecule has 21 heavy (non-hydrogen) atoms. The van der Waals surface area contributed by atoms with E-state index in [-0.39, 0.29) is 28.8 Å². The van der Waals surface area contributed by atoms with Gasteiger partial charge in [0.2, 0.25) is 15.9 Å². The molecule has 0 bridgehead atoms. The highest BCUT2D eigenvalue weighted by Crippen LogP contribution is 2.14. The molecule has 0 unspecified atom stereocenters. The Hall–Kier alpha value is -1.87. The molecule has 0 saturated heterocycles. The average Bonchev–Trinajstić information content (AvgIpc) is 2.85. The number of carbonyl (C=O) groups excluding carboxylic acids is 2. The summed E-state index contributed by atoms with van der Waals surface area (Å²) in [7, 11) is -0.808. The number of H-pyrrole nitrogens is 1. The van der Waals surface area contributed by atoms with Gasteiger partial charge in [0.1, 0.15) is 10.6 Å². The zero-order valence-corrected chi connectivity index (χ0v) is 13.2. The second-order valence-electron chi connectivity index (χ2n) is 5.14. The smallest absolute Gasteiger partial charge is 0.286 e. The van der Waals surface area contributed by atoms with Gasteiger partial charge in [-0.3, -0.25) is 20.4 Å². The van der Waals surface area contributed by atoms with E-state index in [1.54, 1.807) is 0 Å². The fraction of sp³-hybridized carbons (Fsp3) is 0.500. The van der Waals surface area contributed by atoms with E-state index in [4.69, 9.17) is 0 Å². The Balaban J connectivity index is 2.69. The van der Waals surface area contributed by atoms with Gasteiger partial charge >= 0.3 is 0 Å². The maximum atomic E-state index is 11.9. The monoisotopic (exact) mass is 316 g/mol. The van der Waals surface area contributed by atoms with Crippen LogP contribution in [0.1, 0.15) is 30.8 Å². The average molecular weight is 316 g/mol. The van der Waals surface area contributed by atoms with E-state index >= 15 is 0 Å². The number of amides is 2. The molecule has 0 atom stereocenters. The number of aromatic nitrogens is 1. The van der Waals surface area contributed by atoms with Crippen molar-refractivity contribution in [2.75, 3.05) is 14.1 Å². The van der Waals surface area contributed by atoms with Crippen molar-refractivity contribution in [2.24, 2.45) is 5.92 Å². The fourth-order valence-electron chi connectivity index (χ4n) is 1.48. The highest BCUT2D eigenvalue weighted by atomic mass is 32.2. The Kier molecular flexibility index (Phi) is 5.50. The summed E-state index contributed by atoms with van der Waals surface area (Å²) in [5, 5.41) is 0. The van der Waals surface area contributed by atoms with E-state index < -0.39 is 15.9 Å². The largest absolute Gasteiger partial charge is 0.356 e. The molecule has 9 heteroatoms. The van der Waals surface area contributed by atoms with E-state index in [9.17, 15) is 18.0 Å². The first-order chi connectivity index (χ1) is 9.64. The van der Waals surface area contributed by atoms with E-state index in [0.29, 0.717) is 0 Å². The van der Waals surface area contributed by atoms with Crippen molar-refractivity contribution in [3.05, 3.63) is 18.0 Å². The first-order valence-corrected chi connectivity index (χ1v) is 7.78. The molecule has 3 N–H and O–H groups in total. The van der Waals surface area contributed by atoms with Gasteiger partial charge in [0, 0.05) is 26.7 Å². The van der Waals surface area contributed by atoms with Crippen LogP contribution in [0.15, 0.2) is 17.2 Å². The third-order valence-electron chi connectivity index (χ3n) is 2.59. The van der Waals surface area contributed by atoms with Crippen LogP contribution in [0, 0.1) is 5.92 Å². The summed E-state index contributed by atoms with van der Waals surface area (Å²) >= 11 is 0. The number of aromatic amines is 1. The lowest BCUT2D eigenvalue weighted by molar-refractivity contribution is -0.122. The molecule has 0 aliphatic carbocycles. The minimum Gasteiger partial charge on any atom is -0.356 e. The first kappa shape index (κ1) is 17.2. The number of hydrogen-bond acceptors (Lipinski definition) is 4. The van der Waals surface area contributed by atoms with Crippen molar-refractivity contribution >= 4 is 21.8 Å². The number of hydrazine groups is 1. The molecule has 0 aromatic carbocycles. The molecule has 0 fully saturated rings. The van der Waals surface area contributed by atoms with Crippen LogP contribution in [0.25, 0.3) is 0 Å². The number of sulfonamides is 1. The molecule has 2 amide bonds. The number of nitrogens with zero attached hydrogens (tertiary/aromatic N) is 1. The maximum absolute atomic E-state index is 11.9. The number of carbonyl (C=O) groups is 2. The molecule has 1 aromatic heterocycles. The highest BCUT2D eigenvalue weighted by Gasteiger charge is 2.20. The molecule has 1 heterocycles. The van der Waals surface area contributed by atoms with E-state index in [0.717, 1.165) is 4.31 Å². The third-order valence-corrected chi connectivity index (χ3v) is 4.38. The summed E-state index contributed by atoms with van der Waals surface area (Å²) in [6.45, 7) is 3.76. The van der Waals surface area contributed by atoms with Crippen LogP contribution in [0.3, 0.4) is 0 Å². The van der Waals surface area contributed by atoms with Crippen LogP contribution in [-0.4, -0.2) is 43.6 Å². The highest BCUT2D eigenvalue weighted by molar-refractivity contribution is 7.89. The molecule has 8 nitrogen and oxygen atoms in total. The predicted molar refractivity (Wildman–Crippen MR) is 76.7 cm³/mol. The van der Waals surface area contributed by atoms with Crippen LogP contribution in [-0.2, 0) is 14.8 Å². The van der Waals surface area contributed by atoms with Crippen molar-refractivity contribution in [2.45, 2.75) is 25.2 Å². The Morgan fingerprint density at radius 1 is 1.29 bits per heavy atom. The van der Waals surface area contributed by atoms with Gasteiger partial charge in [-0.2, -0.15) is 0 Å². The predicted octanol–water partition coefficient (Wildman–Crippen LogP) is 0.0721. The molecular formula is C12H20N4O4S. The van der Waals surface area contributed by atoms with Gasteiger partial charge in [-0.1, -0.05) is 13.8 Å². The van der Waals surface area contributed by atoms with Gasteiger partial charge in [0.05, 0.1) is 0 Å². The van der Waals surface area contributed by atoms with Gasteiger partial charge in [0.15, 0.2) is 0 Å². The van der Waals surface area contributed by atoms with Crippen LogP contribution in [0.4, 0.5) is 0 Å². The van der Waals surface area contributed by atoms with Crippen LogP contribution >= 0.6 is 0 Å². The van der Waals surface area contributed by atoms with E-state index in [1.807, 2.05) is 13.8 Å². The quantitative estimate of drug-likeness (QED) is 0.667. The number of nitrogens with one attached hydrogen (secondary N) is 3. The van der Waals surface area contributed by atoms with Crippen LogP contribution < -0.4 is 10.9 Å². The third kappa shape index (κ3) is 4.57. The number of rotatable bonds is 5. The fourth-order valence-corrected chi connectivity index (χ4v) is 2.38. The van der Waals surface area contributed by atoms with Gasteiger partial charge in [-0.25, -0.2) is 12.7 Å². The Morgan fingerprint density at radius 3 is 2.43 bits per heavy atom. The molecule has 0 radical (unpaired) electrons. The molecule has 0 aliphatic rings. The molecule has 1 aromatic rings. The number of hydrogen-bond donors (Lipinski definition) is 3. The Labute approximate surface area is 123 Å². The van der Waals surface area contributed by atoms with Crippen molar-refractivity contribution in [1.29, 1.82) is 0 Å². The lowest BCUT2D eigenvalue weighted by Gasteiger charge is -2.09. The molecule has 0 spiro atoms. The summed E-state index contributed by atoms with van der Waals surface area (Å²) < 4.78 is 24.8. The standard InChI is InChI=1S/C12H20N4O4S/c1-8(2)5-11(17)14-15-12(18)10-6-9(7-13-10)21(19,20)16(3)4/h6-8,13H,5H2,1-4H3,(H,14,17)(H,15,18). The zero-order valence-electron chi connectivity index (χ0n) is 12.4. The molecule has 1 rings (SSSR count). The van der Waals surface area contributed by atoms with Gasteiger partial charge < -0.3 is 4.98 Å². The van der Waals surface area contributed by atoms with Crippen LogP contribution in [0.5, 0.6) is 0 Å². The molecule has 118 valence electrons. The molecule has 0 saturated carbocycles. The normalized spacial score (nSPS) is 11.7. The summed E-state index contributed by atoms with van der Waals surface area (Å²) in [6, 6.07) is 1.21. The zero-order chi connectivity index (χ0) is 16.2. The summed E-state index contributed by atoms with van der Waals surface area (Å²) in [5.41, 5.74) is 4.53. The Bertz CT molecular complexity index is 619. The van der Waals surface area contributed by atoms with Crippen LogP contribution in [0.2, 0.25) is 0 Å². The first-order valence-electron chi connectivity index (χ1n) is 6.34. The summed E-state index contributed by atoms with van der Waals surface area (Å²) in [6.07, 6.45) is 1.51. The minimum atomic E-state index is -3.60. The van der Waals surface area contributed by atoms with Crippen molar-refractivity contribution < 1.29 is 18.0 Å². The minimum absolute atomic E-state index is 0.0221. The van der Waals surface area contributed by atoms with E-state index in [2.05, 4.69) is 15.8 Å². The summed E-state index contributed by atoms with van der Waals surface area (Å²) in [4.78, 5) is 25.7. The Morgan fingerprint density at radius 2 is 1.90 bits per heavy atom. The van der Waals surface area contributed by atoms with Crippen molar-refractivity contribution in [1.82, 2.24) is 20.1 Å². The van der Waals surface area contributed by atoms with Gasteiger partial charge in [0.25, 0.3) is 5.91 Å². The topological polar surface area (TPSA) is 111 Å². The van der Waals surface area contributed by atoms with Crippen molar-refractivity contribution in [3.8, 4) is 0 Å². The molecule has 0 aliphatic heterocycles. The summed E-state index contributed by atoms with van der Waals surface area (Å²) in [5.74, 6) is -0.761. The maximum Gasteiger partial charge on any atom is 0.286 e.